The van der Waals surface area contributed by atoms with Crippen LogP contribution in [0.4, 0.5) is 0 Å². The molecule has 19 heavy (non-hydrogen) atoms. The molecule has 5 nitrogen and oxygen atoms in total. The monoisotopic (exact) mass is 274 g/mol. The minimum absolute atomic E-state index is 0.365. The van der Waals surface area contributed by atoms with Gasteiger partial charge in [0.1, 0.15) is 17.2 Å². The van der Waals surface area contributed by atoms with Gasteiger partial charge < -0.3 is 4.74 Å². The van der Waals surface area contributed by atoms with E-state index in [1.807, 2.05) is 38.1 Å². The molecule has 2 heterocycles. The number of nitrogens with zero attached hydrogens (tertiary/aromatic N) is 4. The molecule has 3 aromatic rings. The van der Waals surface area contributed by atoms with Gasteiger partial charge in [-0.05, 0) is 25.5 Å². The molecule has 0 unspecified atom stereocenters. The summed E-state index contributed by atoms with van der Waals surface area (Å²) in [5.74, 6) is 1.70. The van der Waals surface area contributed by atoms with Crippen molar-refractivity contribution in [2.45, 2.75) is 13.8 Å². The van der Waals surface area contributed by atoms with Crippen LogP contribution in [0.3, 0.4) is 0 Å². The zero-order valence-corrected chi connectivity index (χ0v) is 11.2. The fourth-order valence-corrected chi connectivity index (χ4v) is 1.92. The highest BCUT2D eigenvalue weighted by molar-refractivity contribution is 6.30. The molecule has 0 bridgehead atoms. The first-order valence-corrected chi connectivity index (χ1v) is 6.14. The summed E-state index contributed by atoms with van der Waals surface area (Å²) in [6.45, 7) is 3.82. The number of para-hydroxylation sites is 1. The third kappa shape index (κ3) is 2.02. The van der Waals surface area contributed by atoms with Gasteiger partial charge in [0.25, 0.3) is 5.78 Å². The number of ether oxygens (including phenoxy) is 1. The third-order valence-corrected chi connectivity index (χ3v) is 3.22. The van der Waals surface area contributed by atoms with Crippen molar-refractivity contribution in [3.63, 3.8) is 0 Å². The van der Waals surface area contributed by atoms with Gasteiger partial charge in [0.2, 0.25) is 5.88 Å². The van der Waals surface area contributed by atoms with Crippen LogP contribution in [0.5, 0.6) is 11.6 Å². The highest BCUT2D eigenvalue weighted by Crippen LogP contribution is 2.30. The molecule has 0 spiro atoms. The average molecular weight is 275 g/mol. The molecule has 2 aromatic heterocycles. The lowest BCUT2D eigenvalue weighted by atomic mass is 10.2. The summed E-state index contributed by atoms with van der Waals surface area (Å²) in [6.07, 6.45) is 1.42. The van der Waals surface area contributed by atoms with Gasteiger partial charge in [-0.15, -0.1) is 0 Å². The van der Waals surface area contributed by atoms with E-state index < -0.39 is 0 Å². The molecule has 1 aromatic carbocycles. The summed E-state index contributed by atoms with van der Waals surface area (Å²) in [6, 6.07) is 7.75. The molecular formula is C13H11ClN4O. The number of aryl methyl sites for hydroxylation is 1. The van der Waals surface area contributed by atoms with Gasteiger partial charge in [-0.3, -0.25) is 0 Å². The van der Waals surface area contributed by atoms with Gasteiger partial charge >= 0.3 is 0 Å². The van der Waals surface area contributed by atoms with Gasteiger partial charge in [-0.1, -0.05) is 29.8 Å². The predicted molar refractivity (Wildman–Crippen MR) is 71.8 cm³/mol. The predicted octanol–water partition coefficient (Wildman–Crippen LogP) is 3.19. The zero-order chi connectivity index (χ0) is 13.4. The Bertz CT molecular complexity index is 753. The molecule has 0 aliphatic carbocycles. The highest BCUT2D eigenvalue weighted by Gasteiger charge is 2.14. The van der Waals surface area contributed by atoms with Crippen LogP contribution in [0.25, 0.3) is 5.78 Å². The summed E-state index contributed by atoms with van der Waals surface area (Å²) < 4.78 is 7.46. The molecule has 0 aliphatic rings. The van der Waals surface area contributed by atoms with E-state index in [1.54, 1.807) is 0 Å². The van der Waals surface area contributed by atoms with E-state index in [4.69, 9.17) is 16.3 Å². The Morgan fingerprint density at radius 2 is 2.00 bits per heavy atom. The smallest absolute Gasteiger partial charge is 0.256 e. The topological polar surface area (TPSA) is 52.3 Å². The minimum Gasteiger partial charge on any atom is -0.438 e. The molecule has 3 rings (SSSR count). The van der Waals surface area contributed by atoms with Crippen molar-refractivity contribution in [1.29, 1.82) is 0 Å². The van der Waals surface area contributed by atoms with Crippen LogP contribution in [0.1, 0.15) is 11.1 Å². The molecule has 0 N–H and O–H groups in total. The number of benzene rings is 1. The Labute approximate surface area is 114 Å². The first kappa shape index (κ1) is 11.9. The zero-order valence-electron chi connectivity index (χ0n) is 10.5. The molecule has 0 saturated heterocycles. The Morgan fingerprint density at radius 3 is 2.79 bits per heavy atom. The SMILES string of the molecule is Cc1ccccc1Oc1c(C)c(Cl)nc2ncnn12. The van der Waals surface area contributed by atoms with Crippen LogP contribution in [0.2, 0.25) is 5.15 Å². The van der Waals surface area contributed by atoms with Gasteiger partial charge in [-0.25, -0.2) is 0 Å². The quantitative estimate of drug-likeness (QED) is 0.674. The fourth-order valence-electron chi connectivity index (χ4n) is 1.77. The maximum atomic E-state index is 6.08. The van der Waals surface area contributed by atoms with E-state index in [9.17, 15) is 0 Å². The number of rotatable bonds is 2. The molecule has 0 fully saturated rings. The van der Waals surface area contributed by atoms with Gasteiger partial charge in [0.15, 0.2) is 0 Å². The van der Waals surface area contributed by atoms with Crippen LogP contribution in [0, 0.1) is 13.8 Å². The maximum absolute atomic E-state index is 6.08. The van der Waals surface area contributed by atoms with Crippen molar-refractivity contribution in [2.75, 3.05) is 0 Å². The maximum Gasteiger partial charge on any atom is 0.256 e. The lowest BCUT2D eigenvalue weighted by molar-refractivity contribution is 0.439. The van der Waals surface area contributed by atoms with Crippen molar-refractivity contribution in [2.24, 2.45) is 0 Å². The minimum atomic E-state index is 0.365. The van der Waals surface area contributed by atoms with E-state index in [0.29, 0.717) is 16.8 Å². The Balaban J connectivity index is 2.17. The Kier molecular flexibility index (Phi) is 2.83. The van der Waals surface area contributed by atoms with Crippen LogP contribution >= 0.6 is 11.6 Å². The number of hydrogen-bond donors (Lipinski definition) is 0. The summed E-state index contributed by atoms with van der Waals surface area (Å²) in [5, 5.41) is 4.47. The van der Waals surface area contributed by atoms with E-state index in [2.05, 4.69) is 15.1 Å². The molecule has 0 aliphatic heterocycles. The normalized spacial score (nSPS) is 10.9. The van der Waals surface area contributed by atoms with Gasteiger partial charge in [-0.2, -0.15) is 19.6 Å². The van der Waals surface area contributed by atoms with Crippen molar-refractivity contribution >= 4 is 17.4 Å². The summed E-state index contributed by atoms with van der Waals surface area (Å²) in [7, 11) is 0. The van der Waals surface area contributed by atoms with E-state index in [0.717, 1.165) is 16.9 Å². The van der Waals surface area contributed by atoms with Gasteiger partial charge in [0.05, 0.1) is 0 Å². The summed E-state index contributed by atoms with van der Waals surface area (Å²) >= 11 is 6.08. The number of aromatic nitrogens is 4. The van der Waals surface area contributed by atoms with Crippen LogP contribution in [-0.4, -0.2) is 19.6 Å². The Morgan fingerprint density at radius 1 is 1.21 bits per heavy atom. The van der Waals surface area contributed by atoms with Crippen molar-refractivity contribution < 1.29 is 4.74 Å². The summed E-state index contributed by atoms with van der Waals surface area (Å²) in [5.41, 5.74) is 1.76. The molecule has 0 amide bonds. The molecule has 6 heteroatoms. The fraction of sp³-hybridized carbons (Fsp3) is 0.154. The number of halogens is 1. The van der Waals surface area contributed by atoms with Crippen molar-refractivity contribution in [3.8, 4) is 11.6 Å². The highest BCUT2D eigenvalue weighted by atomic mass is 35.5. The second-order valence-electron chi connectivity index (χ2n) is 4.17. The van der Waals surface area contributed by atoms with Crippen molar-refractivity contribution in [3.05, 3.63) is 46.9 Å². The number of fused-ring (bicyclic) bond motifs is 1. The van der Waals surface area contributed by atoms with Crippen LogP contribution in [0.15, 0.2) is 30.6 Å². The second-order valence-corrected chi connectivity index (χ2v) is 4.53. The van der Waals surface area contributed by atoms with Crippen molar-refractivity contribution in [1.82, 2.24) is 19.6 Å². The first-order valence-electron chi connectivity index (χ1n) is 5.76. The third-order valence-electron chi connectivity index (χ3n) is 2.85. The van der Waals surface area contributed by atoms with E-state index in [1.165, 1.54) is 10.8 Å². The molecule has 0 saturated carbocycles. The summed E-state index contributed by atoms with van der Waals surface area (Å²) in [4.78, 5) is 8.16. The van der Waals surface area contributed by atoms with Gasteiger partial charge in [0, 0.05) is 5.56 Å². The van der Waals surface area contributed by atoms with Crippen LogP contribution < -0.4 is 4.74 Å². The standard InChI is InChI=1S/C13H11ClN4O/c1-8-5-3-4-6-10(8)19-12-9(2)11(14)17-13-15-7-16-18(12)13/h3-7H,1-2H3. The first-order chi connectivity index (χ1) is 9.16. The molecule has 96 valence electrons. The molecule has 0 radical (unpaired) electrons. The largest absolute Gasteiger partial charge is 0.438 e. The molecule has 0 atom stereocenters. The lowest BCUT2D eigenvalue weighted by Crippen LogP contribution is -2.02. The van der Waals surface area contributed by atoms with E-state index >= 15 is 0 Å². The average Bonchev–Trinajstić information content (AvgIpc) is 2.85. The Hall–Kier alpha value is -2.14. The molecular weight excluding hydrogens is 264 g/mol. The second kappa shape index (κ2) is 4.51. The number of hydrogen-bond acceptors (Lipinski definition) is 4. The lowest BCUT2D eigenvalue weighted by Gasteiger charge is -2.12. The van der Waals surface area contributed by atoms with Crippen LogP contribution in [-0.2, 0) is 0 Å². The van der Waals surface area contributed by atoms with E-state index in [-0.39, 0.29) is 0 Å².